The Morgan fingerprint density at radius 3 is 2.47 bits per heavy atom. The molecule has 1 aliphatic heterocycles. The zero-order valence-corrected chi connectivity index (χ0v) is 19.0. The number of carbonyl (C=O) groups excluding carboxylic acids is 1. The van der Waals surface area contributed by atoms with E-state index in [9.17, 15) is 14.9 Å². The van der Waals surface area contributed by atoms with Crippen LogP contribution in [0, 0.1) is 16.0 Å². The summed E-state index contributed by atoms with van der Waals surface area (Å²) in [5.74, 6) is 0.00825. The molecule has 1 fully saturated rings. The topological polar surface area (TPSA) is 89.5 Å². The van der Waals surface area contributed by atoms with Crippen LogP contribution >= 0.6 is 0 Å². The summed E-state index contributed by atoms with van der Waals surface area (Å²) in [7, 11) is 0. The number of benzene rings is 2. The summed E-state index contributed by atoms with van der Waals surface area (Å²) < 4.78 is 0. The van der Waals surface area contributed by atoms with Gasteiger partial charge < -0.3 is 10.6 Å². The molecule has 0 bridgehead atoms. The van der Waals surface area contributed by atoms with Crippen molar-refractivity contribution in [3.63, 3.8) is 0 Å². The highest BCUT2D eigenvalue weighted by atomic mass is 16.6. The van der Waals surface area contributed by atoms with Crippen LogP contribution in [0.5, 0.6) is 0 Å². The number of fused-ring (bicyclic) bond motifs is 1. The Balaban J connectivity index is 1.36. The predicted octanol–water partition coefficient (Wildman–Crippen LogP) is 3.98. The number of likely N-dealkylation sites (tertiary alicyclic amines) is 1. The molecule has 170 valence electrons. The second kappa shape index (κ2) is 8.66. The summed E-state index contributed by atoms with van der Waals surface area (Å²) in [5, 5.41) is 12.0. The van der Waals surface area contributed by atoms with Crippen molar-refractivity contribution in [3.05, 3.63) is 80.9 Å². The standard InChI is InChI=1S/C26H33N3O3/c1-19-18-28(14-12-25(19,2)23-10-5-9-20(15-23)24(27)30)13-6-11-26(29(31)32)16-21-7-3-4-8-22(21)17-26/h3-5,7-10,15,19H,6,11-14,16-18H2,1-2H3,(H2,27,30)/t19-,25+/m1/s1. The molecular weight excluding hydrogens is 402 g/mol. The van der Waals surface area contributed by atoms with Gasteiger partial charge in [-0.25, -0.2) is 0 Å². The first kappa shape index (κ1) is 22.5. The second-order valence-electron chi connectivity index (χ2n) is 10.0. The molecule has 0 unspecified atom stereocenters. The normalized spacial score (nSPS) is 24.8. The van der Waals surface area contributed by atoms with E-state index in [1.807, 2.05) is 36.4 Å². The van der Waals surface area contributed by atoms with Gasteiger partial charge in [0, 0.05) is 36.3 Å². The average molecular weight is 436 g/mol. The molecule has 0 aromatic heterocycles. The van der Waals surface area contributed by atoms with Crippen molar-refractivity contribution in [3.8, 4) is 0 Å². The lowest BCUT2D eigenvalue weighted by Crippen LogP contribution is -2.48. The van der Waals surface area contributed by atoms with E-state index in [1.165, 1.54) is 0 Å². The van der Waals surface area contributed by atoms with E-state index in [-0.39, 0.29) is 10.3 Å². The second-order valence-corrected chi connectivity index (χ2v) is 10.0. The third-order valence-electron chi connectivity index (χ3n) is 8.03. The van der Waals surface area contributed by atoms with Crippen LogP contribution in [0.4, 0.5) is 0 Å². The number of piperidine rings is 1. The first-order chi connectivity index (χ1) is 15.2. The Kier molecular flexibility index (Phi) is 6.08. The van der Waals surface area contributed by atoms with Gasteiger partial charge >= 0.3 is 0 Å². The van der Waals surface area contributed by atoms with E-state index >= 15 is 0 Å². The maximum atomic E-state index is 12.0. The largest absolute Gasteiger partial charge is 0.366 e. The van der Waals surface area contributed by atoms with Crippen molar-refractivity contribution in [2.45, 2.75) is 56.9 Å². The lowest BCUT2D eigenvalue weighted by molar-refractivity contribution is -0.569. The molecule has 2 aromatic carbocycles. The molecule has 1 heterocycles. The smallest absolute Gasteiger partial charge is 0.248 e. The number of nitrogens with zero attached hydrogens (tertiary/aromatic N) is 2. The van der Waals surface area contributed by atoms with Gasteiger partial charge in [0.1, 0.15) is 0 Å². The fourth-order valence-electron chi connectivity index (χ4n) is 5.68. The summed E-state index contributed by atoms with van der Waals surface area (Å²) in [6, 6.07) is 15.7. The number of carbonyl (C=O) groups is 1. The van der Waals surface area contributed by atoms with Crippen LogP contribution in [0.1, 0.15) is 60.2 Å². The lowest BCUT2D eigenvalue weighted by atomic mass is 9.67. The monoisotopic (exact) mass is 435 g/mol. The molecule has 1 aliphatic carbocycles. The molecule has 0 saturated carbocycles. The van der Waals surface area contributed by atoms with E-state index in [0.717, 1.165) is 49.2 Å². The maximum absolute atomic E-state index is 12.0. The minimum atomic E-state index is -0.852. The van der Waals surface area contributed by atoms with Crippen LogP contribution in [0.15, 0.2) is 48.5 Å². The molecule has 1 amide bonds. The van der Waals surface area contributed by atoms with Gasteiger partial charge in [0.25, 0.3) is 0 Å². The SMILES string of the molecule is C[C@@H]1CN(CCCC2([N+](=O)[O-])Cc3ccccc3C2)CC[C@]1(C)c1cccc(C(N)=O)c1. The van der Waals surface area contributed by atoms with Crippen LogP contribution in [-0.2, 0) is 18.3 Å². The van der Waals surface area contributed by atoms with Gasteiger partial charge in [-0.05, 0) is 66.1 Å². The Labute approximate surface area is 190 Å². The van der Waals surface area contributed by atoms with E-state index in [0.29, 0.717) is 30.7 Å². The molecule has 2 aromatic rings. The van der Waals surface area contributed by atoms with E-state index < -0.39 is 11.4 Å². The number of nitro groups is 1. The fraction of sp³-hybridized carbons (Fsp3) is 0.500. The average Bonchev–Trinajstić information content (AvgIpc) is 3.16. The lowest BCUT2D eigenvalue weighted by Gasteiger charge is -2.45. The van der Waals surface area contributed by atoms with E-state index in [2.05, 4.69) is 24.8 Å². The highest BCUT2D eigenvalue weighted by Gasteiger charge is 2.47. The van der Waals surface area contributed by atoms with Gasteiger partial charge in [-0.1, -0.05) is 50.2 Å². The number of hydrogen-bond acceptors (Lipinski definition) is 4. The van der Waals surface area contributed by atoms with Crippen LogP contribution in [0.3, 0.4) is 0 Å². The minimum Gasteiger partial charge on any atom is -0.366 e. The molecule has 4 rings (SSSR count). The van der Waals surface area contributed by atoms with Crippen molar-refractivity contribution in [2.24, 2.45) is 11.7 Å². The number of nitrogens with two attached hydrogens (primary N) is 1. The van der Waals surface area contributed by atoms with Crippen LogP contribution in [0.25, 0.3) is 0 Å². The van der Waals surface area contributed by atoms with Crippen molar-refractivity contribution in [2.75, 3.05) is 19.6 Å². The third-order valence-corrected chi connectivity index (χ3v) is 8.03. The van der Waals surface area contributed by atoms with Gasteiger partial charge in [-0.15, -0.1) is 0 Å². The molecule has 0 radical (unpaired) electrons. The molecule has 1 saturated heterocycles. The summed E-state index contributed by atoms with van der Waals surface area (Å²) in [6.45, 7) is 7.31. The molecule has 6 nitrogen and oxygen atoms in total. The minimum absolute atomic E-state index is 0.0168. The summed E-state index contributed by atoms with van der Waals surface area (Å²) in [5.41, 5.74) is 8.59. The van der Waals surface area contributed by atoms with Crippen molar-refractivity contribution < 1.29 is 9.72 Å². The van der Waals surface area contributed by atoms with Gasteiger partial charge in [-0.3, -0.25) is 14.9 Å². The quantitative estimate of drug-likeness (QED) is 0.526. The Morgan fingerprint density at radius 1 is 1.19 bits per heavy atom. The Hall–Kier alpha value is -2.73. The summed E-state index contributed by atoms with van der Waals surface area (Å²) in [6.07, 6.45) is 3.51. The molecule has 2 aliphatic rings. The van der Waals surface area contributed by atoms with Gasteiger partial charge in [-0.2, -0.15) is 0 Å². The summed E-state index contributed by atoms with van der Waals surface area (Å²) >= 11 is 0. The molecule has 0 spiro atoms. The maximum Gasteiger partial charge on any atom is 0.248 e. The van der Waals surface area contributed by atoms with Gasteiger partial charge in [0.15, 0.2) is 0 Å². The Morgan fingerprint density at radius 2 is 1.88 bits per heavy atom. The number of hydrogen-bond donors (Lipinski definition) is 1. The first-order valence-electron chi connectivity index (χ1n) is 11.6. The highest BCUT2D eigenvalue weighted by Crippen LogP contribution is 2.40. The van der Waals surface area contributed by atoms with Gasteiger partial charge in [0.2, 0.25) is 11.4 Å². The van der Waals surface area contributed by atoms with Crippen molar-refractivity contribution in [1.29, 1.82) is 0 Å². The molecule has 2 atom stereocenters. The predicted molar refractivity (Wildman–Crippen MR) is 125 cm³/mol. The zero-order chi connectivity index (χ0) is 22.9. The highest BCUT2D eigenvalue weighted by molar-refractivity contribution is 5.92. The number of primary amides is 1. The molecule has 32 heavy (non-hydrogen) atoms. The van der Waals surface area contributed by atoms with Gasteiger partial charge in [0.05, 0.1) is 0 Å². The van der Waals surface area contributed by atoms with Crippen molar-refractivity contribution in [1.82, 2.24) is 4.90 Å². The third kappa shape index (κ3) is 4.16. The zero-order valence-electron chi connectivity index (χ0n) is 19.0. The Bertz CT molecular complexity index is 996. The van der Waals surface area contributed by atoms with E-state index in [1.54, 1.807) is 6.07 Å². The number of rotatable bonds is 7. The van der Waals surface area contributed by atoms with Crippen LogP contribution in [-0.4, -0.2) is 40.9 Å². The van der Waals surface area contributed by atoms with Crippen LogP contribution in [0.2, 0.25) is 0 Å². The fourth-order valence-corrected chi connectivity index (χ4v) is 5.68. The first-order valence-corrected chi connectivity index (χ1v) is 11.6. The number of amides is 1. The molecule has 6 heteroatoms. The summed E-state index contributed by atoms with van der Waals surface area (Å²) in [4.78, 5) is 26.0. The molecular formula is C26H33N3O3. The van der Waals surface area contributed by atoms with Crippen molar-refractivity contribution >= 4 is 5.91 Å². The van der Waals surface area contributed by atoms with Crippen LogP contribution < -0.4 is 5.73 Å². The van der Waals surface area contributed by atoms with E-state index in [4.69, 9.17) is 5.73 Å². The molecule has 2 N–H and O–H groups in total.